The fourth-order valence-corrected chi connectivity index (χ4v) is 6.03. The summed E-state index contributed by atoms with van der Waals surface area (Å²) in [6.07, 6.45) is 8.95. The van der Waals surface area contributed by atoms with E-state index in [0.29, 0.717) is 24.2 Å². The van der Waals surface area contributed by atoms with Crippen molar-refractivity contribution in [2.75, 3.05) is 0 Å². The summed E-state index contributed by atoms with van der Waals surface area (Å²) in [5.74, 6) is 1.45. The minimum absolute atomic E-state index is 0.159. The first kappa shape index (κ1) is 23.1. The Bertz CT molecular complexity index is 464. The molecule has 4 heteroatoms. The number of aliphatic hydroxyl groups is 4. The summed E-state index contributed by atoms with van der Waals surface area (Å²) in [5.41, 5.74) is -1.52. The summed E-state index contributed by atoms with van der Waals surface area (Å²) < 4.78 is 0. The van der Waals surface area contributed by atoms with Crippen LogP contribution in [0.3, 0.4) is 0 Å². The van der Waals surface area contributed by atoms with Gasteiger partial charge in [-0.25, -0.2) is 0 Å². The molecule has 2 saturated carbocycles. The van der Waals surface area contributed by atoms with Gasteiger partial charge in [0.1, 0.15) is 0 Å². The van der Waals surface area contributed by atoms with Crippen molar-refractivity contribution >= 4 is 0 Å². The van der Waals surface area contributed by atoms with Crippen LogP contribution in [0.1, 0.15) is 98.8 Å². The third kappa shape index (κ3) is 5.91. The molecule has 2 aliphatic carbocycles. The summed E-state index contributed by atoms with van der Waals surface area (Å²) in [4.78, 5) is 0. The van der Waals surface area contributed by atoms with Crippen LogP contribution < -0.4 is 0 Å². The van der Waals surface area contributed by atoms with Crippen molar-refractivity contribution < 1.29 is 20.4 Å². The Hall–Kier alpha value is -0.160. The highest BCUT2D eigenvalue weighted by molar-refractivity contribution is 5.02. The van der Waals surface area contributed by atoms with E-state index >= 15 is 0 Å². The van der Waals surface area contributed by atoms with Gasteiger partial charge in [0.2, 0.25) is 0 Å². The first-order valence-electron chi connectivity index (χ1n) is 11.2. The smallest absolute Gasteiger partial charge is 0.0849 e. The largest absolute Gasteiger partial charge is 0.393 e. The van der Waals surface area contributed by atoms with Crippen LogP contribution in [0.15, 0.2) is 0 Å². The van der Waals surface area contributed by atoms with Crippen molar-refractivity contribution in [1.29, 1.82) is 0 Å². The van der Waals surface area contributed by atoms with E-state index in [-0.39, 0.29) is 11.5 Å². The van der Waals surface area contributed by atoms with Gasteiger partial charge in [0.15, 0.2) is 0 Å². The lowest BCUT2D eigenvalue weighted by atomic mass is 9.60. The molecule has 160 valence electrons. The van der Waals surface area contributed by atoms with E-state index in [1.54, 1.807) is 13.8 Å². The van der Waals surface area contributed by atoms with Gasteiger partial charge in [-0.2, -0.15) is 0 Å². The van der Waals surface area contributed by atoms with Gasteiger partial charge in [-0.15, -0.1) is 0 Å². The highest BCUT2D eigenvalue weighted by Gasteiger charge is 2.52. The molecule has 27 heavy (non-hydrogen) atoms. The molecular weight excluding hydrogens is 340 g/mol. The summed E-state index contributed by atoms with van der Waals surface area (Å²) in [6, 6.07) is 0. The predicted molar refractivity (Wildman–Crippen MR) is 109 cm³/mol. The summed E-state index contributed by atoms with van der Waals surface area (Å²) in [5, 5.41) is 41.1. The molecular formula is C23H44O4. The molecule has 0 saturated heterocycles. The molecule has 2 aliphatic rings. The van der Waals surface area contributed by atoms with E-state index < -0.39 is 17.3 Å². The third-order valence-electron chi connectivity index (χ3n) is 7.72. The van der Waals surface area contributed by atoms with Crippen molar-refractivity contribution in [3.8, 4) is 0 Å². The predicted octanol–water partition coefficient (Wildman–Crippen LogP) is 4.03. The summed E-state index contributed by atoms with van der Waals surface area (Å²) in [6.45, 7) is 9.46. The molecule has 2 rings (SSSR count). The van der Waals surface area contributed by atoms with E-state index in [0.717, 1.165) is 51.4 Å². The van der Waals surface area contributed by atoms with Gasteiger partial charge in [0, 0.05) is 0 Å². The molecule has 0 aromatic heterocycles. The second kappa shape index (κ2) is 8.69. The fraction of sp³-hybridized carbons (Fsp3) is 1.00. The maximum atomic E-state index is 10.5. The van der Waals surface area contributed by atoms with Gasteiger partial charge >= 0.3 is 0 Å². The standard InChI is InChI=1S/C23H44O4/c1-21(2,26)14-6-8-16(10-13-20(25)22(3,4)27)17-11-12-18-19(24)9-7-15-23(17,18)5/h16-20,24-27H,6-15H2,1-5H3/t16?,17-,18?,19+,20-,23-/m1/s1. The average molecular weight is 385 g/mol. The second-order valence-electron chi connectivity index (χ2n) is 11.0. The molecule has 4 nitrogen and oxygen atoms in total. The van der Waals surface area contributed by atoms with Gasteiger partial charge in [0.25, 0.3) is 0 Å². The first-order chi connectivity index (χ1) is 12.3. The Labute approximate surface area is 166 Å². The molecule has 0 bridgehead atoms. The van der Waals surface area contributed by atoms with Crippen LogP contribution in [0, 0.1) is 23.2 Å². The second-order valence-corrected chi connectivity index (χ2v) is 11.0. The zero-order chi connectivity index (χ0) is 20.5. The Morgan fingerprint density at radius 3 is 2.26 bits per heavy atom. The Morgan fingerprint density at radius 2 is 1.67 bits per heavy atom. The van der Waals surface area contributed by atoms with Crippen LogP contribution in [-0.4, -0.2) is 43.8 Å². The Morgan fingerprint density at radius 1 is 1.00 bits per heavy atom. The van der Waals surface area contributed by atoms with Crippen LogP contribution in [0.2, 0.25) is 0 Å². The minimum Gasteiger partial charge on any atom is -0.393 e. The van der Waals surface area contributed by atoms with Gasteiger partial charge in [-0.05, 0) is 95.8 Å². The number of aliphatic hydroxyl groups excluding tert-OH is 2. The average Bonchev–Trinajstić information content (AvgIpc) is 2.86. The highest BCUT2D eigenvalue weighted by Crippen LogP contribution is 2.59. The number of fused-ring (bicyclic) bond motifs is 1. The molecule has 0 heterocycles. The molecule has 0 radical (unpaired) electrons. The fourth-order valence-electron chi connectivity index (χ4n) is 6.03. The van der Waals surface area contributed by atoms with Gasteiger partial charge in [-0.1, -0.05) is 26.2 Å². The van der Waals surface area contributed by atoms with Crippen molar-refractivity contribution in [2.24, 2.45) is 23.2 Å². The minimum atomic E-state index is -1.07. The zero-order valence-electron chi connectivity index (χ0n) is 18.2. The number of hydrogen-bond donors (Lipinski definition) is 4. The van der Waals surface area contributed by atoms with Crippen LogP contribution in [0.5, 0.6) is 0 Å². The molecule has 2 fully saturated rings. The molecule has 0 aliphatic heterocycles. The van der Waals surface area contributed by atoms with E-state index in [2.05, 4.69) is 6.92 Å². The monoisotopic (exact) mass is 384 g/mol. The molecule has 2 unspecified atom stereocenters. The van der Waals surface area contributed by atoms with Crippen molar-refractivity contribution in [1.82, 2.24) is 0 Å². The van der Waals surface area contributed by atoms with E-state index in [1.165, 1.54) is 6.42 Å². The molecule has 0 aromatic carbocycles. The van der Waals surface area contributed by atoms with E-state index in [9.17, 15) is 20.4 Å². The van der Waals surface area contributed by atoms with Crippen LogP contribution in [0.4, 0.5) is 0 Å². The Kier molecular flexibility index (Phi) is 7.44. The van der Waals surface area contributed by atoms with Gasteiger partial charge in [-0.3, -0.25) is 0 Å². The van der Waals surface area contributed by atoms with Crippen LogP contribution >= 0.6 is 0 Å². The lowest BCUT2D eigenvalue weighted by Crippen LogP contribution is -2.42. The lowest BCUT2D eigenvalue weighted by Gasteiger charge is -2.46. The topological polar surface area (TPSA) is 80.9 Å². The SMILES string of the molecule is CC(C)(O)CCCC(CC[C@@H](O)C(C)(C)O)[C@H]1CCC2[C@@H](O)CCC[C@@]21C. The maximum absolute atomic E-state index is 10.5. The molecule has 0 aromatic rings. The molecule has 0 amide bonds. The zero-order valence-corrected chi connectivity index (χ0v) is 18.2. The quantitative estimate of drug-likeness (QED) is 0.484. The van der Waals surface area contributed by atoms with Crippen LogP contribution in [0.25, 0.3) is 0 Å². The maximum Gasteiger partial charge on any atom is 0.0849 e. The van der Waals surface area contributed by atoms with Crippen molar-refractivity contribution in [3.63, 3.8) is 0 Å². The Balaban J connectivity index is 2.08. The van der Waals surface area contributed by atoms with E-state index in [1.807, 2.05) is 13.8 Å². The highest BCUT2D eigenvalue weighted by atomic mass is 16.3. The van der Waals surface area contributed by atoms with Crippen molar-refractivity contribution in [3.05, 3.63) is 0 Å². The van der Waals surface area contributed by atoms with Gasteiger partial charge < -0.3 is 20.4 Å². The lowest BCUT2D eigenvalue weighted by molar-refractivity contribution is -0.0599. The molecule has 0 spiro atoms. The number of hydrogen-bond acceptors (Lipinski definition) is 4. The third-order valence-corrected chi connectivity index (χ3v) is 7.72. The summed E-state index contributed by atoms with van der Waals surface area (Å²) in [7, 11) is 0. The van der Waals surface area contributed by atoms with Crippen LogP contribution in [-0.2, 0) is 0 Å². The van der Waals surface area contributed by atoms with Gasteiger partial charge in [0.05, 0.1) is 23.4 Å². The van der Waals surface area contributed by atoms with Crippen molar-refractivity contribution in [2.45, 2.75) is 122 Å². The molecule has 4 N–H and O–H groups in total. The number of rotatable bonds is 9. The molecule has 6 atom stereocenters. The normalized spacial score (nSPS) is 34.3. The van der Waals surface area contributed by atoms with E-state index in [4.69, 9.17) is 0 Å². The summed E-state index contributed by atoms with van der Waals surface area (Å²) >= 11 is 0. The first-order valence-corrected chi connectivity index (χ1v) is 11.2.